The van der Waals surface area contributed by atoms with Crippen molar-refractivity contribution in [2.24, 2.45) is 11.1 Å². The summed E-state index contributed by atoms with van der Waals surface area (Å²) in [5, 5.41) is 9.34. The second-order valence-electron chi connectivity index (χ2n) is 4.77. The number of ether oxygens (including phenoxy) is 2. The Balaban J connectivity index is 3.12. The van der Waals surface area contributed by atoms with Gasteiger partial charge in [-0.3, -0.25) is 0 Å². The summed E-state index contributed by atoms with van der Waals surface area (Å²) in [5.74, 6) is 1.40. The fourth-order valence-electron chi connectivity index (χ4n) is 1.56. The molecule has 0 aliphatic carbocycles. The van der Waals surface area contributed by atoms with Crippen LogP contribution in [0.5, 0.6) is 11.5 Å². The second-order valence-corrected chi connectivity index (χ2v) is 4.77. The lowest BCUT2D eigenvalue weighted by atomic mass is 9.82. The molecule has 4 nitrogen and oxygen atoms in total. The quantitative estimate of drug-likeness (QED) is 0.821. The molecule has 0 amide bonds. The van der Waals surface area contributed by atoms with E-state index in [0.29, 0.717) is 11.5 Å². The molecule has 0 aliphatic heterocycles. The van der Waals surface area contributed by atoms with E-state index in [0.717, 1.165) is 5.56 Å². The Morgan fingerprint density at radius 3 is 2.00 bits per heavy atom. The van der Waals surface area contributed by atoms with Crippen LogP contribution in [0.4, 0.5) is 0 Å². The molecule has 0 aliphatic rings. The summed E-state index contributed by atoms with van der Waals surface area (Å²) in [6, 6.07) is 5.24. The van der Waals surface area contributed by atoms with E-state index in [2.05, 4.69) is 0 Å². The van der Waals surface area contributed by atoms with Crippen LogP contribution in [-0.2, 0) is 0 Å². The molecule has 0 fully saturated rings. The first-order valence-corrected chi connectivity index (χ1v) is 5.54. The molecule has 0 spiro atoms. The van der Waals surface area contributed by atoms with Gasteiger partial charge in [-0.25, -0.2) is 0 Å². The first-order valence-electron chi connectivity index (χ1n) is 5.54. The zero-order valence-corrected chi connectivity index (χ0v) is 10.9. The number of methoxy groups -OCH3 is 2. The van der Waals surface area contributed by atoms with Crippen molar-refractivity contribution in [3.63, 3.8) is 0 Å². The molecule has 0 bridgehead atoms. The van der Waals surface area contributed by atoms with Gasteiger partial charge in [0.2, 0.25) is 0 Å². The van der Waals surface area contributed by atoms with Crippen LogP contribution in [0.15, 0.2) is 18.2 Å². The predicted octanol–water partition coefficient (Wildman–Crippen LogP) is 1.72. The highest BCUT2D eigenvalue weighted by Crippen LogP contribution is 2.34. The van der Waals surface area contributed by atoms with E-state index in [-0.39, 0.29) is 12.6 Å². The maximum Gasteiger partial charge on any atom is 0.122 e. The summed E-state index contributed by atoms with van der Waals surface area (Å²) >= 11 is 0. The van der Waals surface area contributed by atoms with E-state index in [1.807, 2.05) is 26.0 Å². The lowest BCUT2D eigenvalue weighted by Crippen LogP contribution is -2.32. The number of benzene rings is 1. The lowest BCUT2D eigenvalue weighted by Gasteiger charge is -2.30. The molecule has 0 unspecified atom stereocenters. The lowest BCUT2D eigenvalue weighted by molar-refractivity contribution is 0.132. The first kappa shape index (κ1) is 13.8. The van der Waals surface area contributed by atoms with E-state index < -0.39 is 5.41 Å². The summed E-state index contributed by atoms with van der Waals surface area (Å²) in [5.41, 5.74) is 6.66. The molecule has 0 saturated carbocycles. The Labute approximate surface area is 102 Å². The van der Waals surface area contributed by atoms with Crippen molar-refractivity contribution in [3.8, 4) is 11.5 Å². The van der Waals surface area contributed by atoms with Gasteiger partial charge in [-0.15, -0.1) is 0 Å². The Morgan fingerprint density at radius 1 is 1.18 bits per heavy atom. The van der Waals surface area contributed by atoms with Gasteiger partial charge in [-0.05, 0) is 17.7 Å². The topological polar surface area (TPSA) is 64.7 Å². The molecular weight excluding hydrogens is 218 g/mol. The van der Waals surface area contributed by atoms with Crippen molar-refractivity contribution >= 4 is 0 Å². The Hall–Kier alpha value is -1.26. The Bertz CT molecular complexity index is 355. The van der Waals surface area contributed by atoms with Crippen molar-refractivity contribution in [3.05, 3.63) is 23.8 Å². The van der Waals surface area contributed by atoms with Crippen molar-refractivity contribution in [2.45, 2.75) is 19.9 Å². The van der Waals surface area contributed by atoms with Gasteiger partial charge >= 0.3 is 0 Å². The van der Waals surface area contributed by atoms with Crippen LogP contribution in [0.25, 0.3) is 0 Å². The van der Waals surface area contributed by atoms with Crippen molar-refractivity contribution in [1.82, 2.24) is 0 Å². The van der Waals surface area contributed by atoms with Crippen LogP contribution < -0.4 is 15.2 Å². The van der Waals surface area contributed by atoms with Gasteiger partial charge in [0, 0.05) is 24.1 Å². The molecule has 96 valence electrons. The molecule has 17 heavy (non-hydrogen) atoms. The SMILES string of the molecule is COc1cc(OC)cc([C@H](N)C(C)(C)CO)c1. The average Bonchev–Trinajstić information content (AvgIpc) is 2.36. The van der Waals surface area contributed by atoms with Gasteiger partial charge in [-0.2, -0.15) is 0 Å². The molecule has 1 rings (SSSR count). The minimum atomic E-state index is -0.391. The van der Waals surface area contributed by atoms with Gasteiger partial charge in [0.15, 0.2) is 0 Å². The molecule has 4 heteroatoms. The monoisotopic (exact) mass is 239 g/mol. The van der Waals surface area contributed by atoms with Crippen molar-refractivity contribution in [2.75, 3.05) is 20.8 Å². The summed E-state index contributed by atoms with van der Waals surface area (Å²) in [7, 11) is 3.20. The van der Waals surface area contributed by atoms with Crippen LogP contribution in [0.1, 0.15) is 25.5 Å². The highest BCUT2D eigenvalue weighted by molar-refractivity contribution is 5.40. The zero-order chi connectivity index (χ0) is 13.1. The predicted molar refractivity (Wildman–Crippen MR) is 67.3 cm³/mol. The Kier molecular flexibility index (Phi) is 4.37. The third-order valence-electron chi connectivity index (χ3n) is 2.98. The summed E-state index contributed by atoms with van der Waals surface area (Å²) in [6.07, 6.45) is 0. The average molecular weight is 239 g/mol. The third-order valence-corrected chi connectivity index (χ3v) is 2.98. The van der Waals surface area contributed by atoms with Crippen LogP contribution >= 0.6 is 0 Å². The molecule has 0 heterocycles. The second kappa shape index (κ2) is 5.38. The highest BCUT2D eigenvalue weighted by atomic mass is 16.5. The number of rotatable bonds is 5. The van der Waals surface area contributed by atoms with Crippen LogP contribution in [0.3, 0.4) is 0 Å². The summed E-state index contributed by atoms with van der Waals surface area (Å²) < 4.78 is 10.4. The minimum absolute atomic E-state index is 0.0215. The fourth-order valence-corrected chi connectivity index (χ4v) is 1.56. The van der Waals surface area contributed by atoms with Gasteiger partial charge in [0.1, 0.15) is 11.5 Å². The molecule has 1 aromatic carbocycles. The zero-order valence-electron chi connectivity index (χ0n) is 10.9. The van der Waals surface area contributed by atoms with E-state index in [1.165, 1.54) is 0 Å². The molecular formula is C13H21NO3. The smallest absolute Gasteiger partial charge is 0.122 e. The van der Waals surface area contributed by atoms with E-state index in [4.69, 9.17) is 15.2 Å². The molecule has 3 N–H and O–H groups in total. The Morgan fingerprint density at radius 2 is 1.65 bits per heavy atom. The summed E-state index contributed by atoms with van der Waals surface area (Å²) in [6.45, 7) is 3.86. The standard InChI is InChI=1S/C13H21NO3/c1-13(2,8-15)12(14)9-5-10(16-3)7-11(6-9)17-4/h5-7,12,15H,8,14H2,1-4H3/t12-/m0/s1. The van der Waals surface area contributed by atoms with Gasteiger partial charge in [-0.1, -0.05) is 13.8 Å². The number of aliphatic hydroxyl groups is 1. The number of nitrogens with two attached hydrogens (primary N) is 1. The number of hydrogen-bond acceptors (Lipinski definition) is 4. The summed E-state index contributed by atoms with van der Waals surface area (Å²) in [4.78, 5) is 0. The van der Waals surface area contributed by atoms with Crippen LogP contribution in [-0.4, -0.2) is 25.9 Å². The van der Waals surface area contributed by atoms with Crippen molar-refractivity contribution in [1.29, 1.82) is 0 Å². The molecule has 1 atom stereocenters. The van der Waals surface area contributed by atoms with Gasteiger partial charge in [0.25, 0.3) is 0 Å². The molecule has 0 aromatic heterocycles. The molecule has 0 radical (unpaired) electrons. The fraction of sp³-hybridized carbons (Fsp3) is 0.538. The highest BCUT2D eigenvalue weighted by Gasteiger charge is 2.27. The maximum absolute atomic E-state index is 9.34. The number of hydrogen-bond donors (Lipinski definition) is 2. The number of aliphatic hydroxyl groups excluding tert-OH is 1. The van der Waals surface area contributed by atoms with E-state index >= 15 is 0 Å². The maximum atomic E-state index is 9.34. The van der Waals surface area contributed by atoms with E-state index in [9.17, 15) is 5.11 Å². The van der Waals surface area contributed by atoms with Crippen LogP contribution in [0.2, 0.25) is 0 Å². The molecule has 1 aromatic rings. The van der Waals surface area contributed by atoms with Gasteiger partial charge in [0.05, 0.1) is 14.2 Å². The normalized spacial score (nSPS) is 13.3. The van der Waals surface area contributed by atoms with Crippen LogP contribution in [0, 0.1) is 5.41 Å². The first-order chi connectivity index (χ1) is 7.94. The third kappa shape index (κ3) is 3.11. The van der Waals surface area contributed by atoms with Crippen molar-refractivity contribution < 1.29 is 14.6 Å². The van der Waals surface area contributed by atoms with Gasteiger partial charge < -0.3 is 20.3 Å². The molecule has 0 saturated heterocycles. The van der Waals surface area contributed by atoms with E-state index in [1.54, 1.807) is 20.3 Å². The minimum Gasteiger partial charge on any atom is -0.497 e. The largest absolute Gasteiger partial charge is 0.497 e.